The molecule has 1 aliphatic carbocycles. The fourth-order valence-corrected chi connectivity index (χ4v) is 2.20. The molecular weight excluding hydrogens is 174 g/mol. The first-order valence-corrected chi connectivity index (χ1v) is 6.27. The van der Waals surface area contributed by atoms with Crippen molar-refractivity contribution in [2.45, 2.75) is 63.8 Å². The van der Waals surface area contributed by atoms with Crippen molar-refractivity contribution in [3.05, 3.63) is 0 Å². The van der Waals surface area contributed by atoms with Crippen molar-refractivity contribution in [3.8, 4) is 0 Å². The molecule has 0 unspecified atom stereocenters. The summed E-state index contributed by atoms with van der Waals surface area (Å²) in [7, 11) is 0. The highest BCUT2D eigenvalue weighted by Gasteiger charge is 2.09. The zero-order chi connectivity index (χ0) is 10.1. The summed E-state index contributed by atoms with van der Waals surface area (Å²) in [4.78, 5) is 0. The van der Waals surface area contributed by atoms with Crippen molar-refractivity contribution in [3.63, 3.8) is 0 Å². The number of rotatable bonds is 5. The van der Waals surface area contributed by atoms with Gasteiger partial charge in [0.1, 0.15) is 0 Å². The number of hydrogen-bond acceptors (Lipinski definition) is 2. The van der Waals surface area contributed by atoms with Gasteiger partial charge in [-0.3, -0.25) is 0 Å². The van der Waals surface area contributed by atoms with Gasteiger partial charge in [0.2, 0.25) is 0 Å². The standard InChI is InChI=1S/C12H25NO/c14-11-7-6-10-13-12-8-4-2-1-3-5-9-12/h12-14H,1-11H2. The molecule has 0 aliphatic heterocycles. The van der Waals surface area contributed by atoms with Crippen molar-refractivity contribution in [2.24, 2.45) is 0 Å². The van der Waals surface area contributed by atoms with Crippen molar-refractivity contribution in [2.75, 3.05) is 13.2 Å². The zero-order valence-electron chi connectivity index (χ0n) is 9.30. The van der Waals surface area contributed by atoms with E-state index < -0.39 is 0 Å². The Bertz CT molecular complexity index is 119. The van der Waals surface area contributed by atoms with Crippen LogP contribution in [0.25, 0.3) is 0 Å². The van der Waals surface area contributed by atoms with Crippen LogP contribution in [0, 0.1) is 0 Å². The molecule has 84 valence electrons. The molecule has 0 radical (unpaired) electrons. The predicted octanol–water partition coefficient (Wildman–Crippen LogP) is 2.46. The Morgan fingerprint density at radius 2 is 1.57 bits per heavy atom. The largest absolute Gasteiger partial charge is 0.396 e. The smallest absolute Gasteiger partial charge is 0.0431 e. The van der Waals surface area contributed by atoms with E-state index in [4.69, 9.17) is 5.11 Å². The van der Waals surface area contributed by atoms with E-state index in [1.807, 2.05) is 0 Å². The molecule has 1 saturated carbocycles. The summed E-state index contributed by atoms with van der Waals surface area (Å²) in [6, 6.07) is 0.758. The maximum Gasteiger partial charge on any atom is 0.0431 e. The molecule has 0 atom stereocenters. The average molecular weight is 199 g/mol. The van der Waals surface area contributed by atoms with E-state index in [9.17, 15) is 0 Å². The number of hydrogen-bond donors (Lipinski definition) is 2. The Morgan fingerprint density at radius 1 is 0.929 bits per heavy atom. The Kier molecular flexibility index (Phi) is 7.06. The molecule has 14 heavy (non-hydrogen) atoms. The van der Waals surface area contributed by atoms with Crippen LogP contribution in [0.4, 0.5) is 0 Å². The molecule has 1 rings (SSSR count). The minimum absolute atomic E-state index is 0.340. The van der Waals surface area contributed by atoms with Crippen LogP contribution >= 0.6 is 0 Å². The first kappa shape index (κ1) is 12.0. The average Bonchev–Trinajstić information content (AvgIpc) is 2.15. The van der Waals surface area contributed by atoms with Gasteiger partial charge >= 0.3 is 0 Å². The van der Waals surface area contributed by atoms with Crippen LogP contribution < -0.4 is 5.32 Å². The second kappa shape index (κ2) is 8.25. The normalized spacial score (nSPS) is 20.4. The lowest BCUT2D eigenvalue weighted by Crippen LogP contribution is -2.30. The van der Waals surface area contributed by atoms with Gasteiger partial charge in [-0.15, -0.1) is 0 Å². The Labute approximate surface area is 88.1 Å². The summed E-state index contributed by atoms with van der Waals surface area (Å²) < 4.78 is 0. The van der Waals surface area contributed by atoms with Gasteiger partial charge in [-0.05, 0) is 32.2 Å². The van der Waals surface area contributed by atoms with E-state index in [-0.39, 0.29) is 0 Å². The van der Waals surface area contributed by atoms with Gasteiger partial charge in [0.25, 0.3) is 0 Å². The molecule has 0 aromatic carbocycles. The lowest BCUT2D eigenvalue weighted by molar-refractivity contribution is 0.281. The van der Waals surface area contributed by atoms with E-state index in [1.165, 1.54) is 44.9 Å². The maximum absolute atomic E-state index is 8.66. The lowest BCUT2D eigenvalue weighted by atomic mass is 9.97. The van der Waals surface area contributed by atoms with Crippen LogP contribution in [0.2, 0.25) is 0 Å². The summed E-state index contributed by atoms with van der Waals surface area (Å²) in [6.07, 6.45) is 11.9. The Morgan fingerprint density at radius 3 is 2.21 bits per heavy atom. The van der Waals surface area contributed by atoms with Gasteiger partial charge in [-0.1, -0.05) is 32.1 Å². The van der Waals surface area contributed by atoms with Crippen LogP contribution in [0.15, 0.2) is 0 Å². The fraction of sp³-hybridized carbons (Fsp3) is 1.00. The molecule has 2 nitrogen and oxygen atoms in total. The Hall–Kier alpha value is -0.0800. The molecule has 1 aliphatic rings. The van der Waals surface area contributed by atoms with E-state index in [1.54, 1.807) is 0 Å². The van der Waals surface area contributed by atoms with Crippen LogP contribution in [0.3, 0.4) is 0 Å². The van der Waals surface area contributed by atoms with Crippen molar-refractivity contribution >= 4 is 0 Å². The highest BCUT2D eigenvalue weighted by Crippen LogP contribution is 2.16. The topological polar surface area (TPSA) is 32.3 Å². The number of nitrogens with one attached hydrogen (secondary N) is 1. The molecule has 0 aromatic rings. The second-order valence-electron chi connectivity index (χ2n) is 4.43. The Balaban J connectivity index is 2.02. The summed E-state index contributed by atoms with van der Waals surface area (Å²) in [6.45, 7) is 1.43. The number of unbranched alkanes of at least 4 members (excludes halogenated alkanes) is 1. The van der Waals surface area contributed by atoms with Crippen LogP contribution in [-0.2, 0) is 0 Å². The first-order chi connectivity index (χ1) is 6.93. The van der Waals surface area contributed by atoms with Gasteiger partial charge in [0.15, 0.2) is 0 Å². The first-order valence-electron chi connectivity index (χ1n) is 6.27. The second-order valence-corrected chi connectivity index (χ2v) is 4.43. The quantitative estimate of drug-likeness (QED) is 0.667. The van der Waals surface area contributed by atoms with Gasteiger partial charge in [-0.2, -0.15) is 0 Å². The van der Waals surface area contributed by atoms with Gasteiger partial charge < -0.3 is 10.4 Å². The lowest BCUT2D eigenvalue weighted by Gasteiger charge is -2.20. The van der Waals surface area contributed by atoms with Gasteiger partial charge in [-0.25, -0.2) is 0 Å². The predicted molar refractivity (Wildman–Crippen MR) is 60.4 cm³/mol. The molecule has 1 fully saturated rings. The molecule has 0 heterocycles. The summed E-state index contributed by atoms with van der Waals surface area (Å²) >= 11 is 0. The summed E-state index contributed by atoms with van der Waals surface area (Å²) in [5, 5.41) is 12.3. The van der Waals surface area contributed by atoms with E-state index in [2.05, 4.69) is 5.32 Å². The molecule has 2 heteroatoms. The highest BCUT2D eigenvalue weighted by molar-refractivity contribution is 4.69. The minimum atomic E-state index is 0.340. The fourth-order valence-electron chi connectivity index (χ4n) is 2.20. The summed E-state index contributed by atoms with van der Waals surface area (Å²) in [5.74, 6) is 0. The third-order valence-corrected chi connectivity index (χ3v) is 3.12. The van der Waals surface area contributed by atoms with Gasteiger partial charge in [0.05, 0.1) is 0 Å². The third-order valence-electron chi connectivity index (χ3n) is 3.12. The zero-order valence-corrected chi connectivity index (χ0v) is 9.30. The molecule has 0 amide bonds. The van der Waals surface area contributed by atoms with Crippen molar-refractivity contribution in [1.29, 1.82) is 0 Å². The number of aliphatic hydroxyl groups excluding tert-OH is 1. The molecule has 0 aromatic heterocycles. The van der Waals surface area contributed by atoms with Crippen molar-refractivity contribution in [1.82, 2.24) is 5.32 Å². The van der Waals surface area contributed by atoms with Crippen molar-refractivity contribution < 1.29 is 5.11 Å². The van der Waals surface area contributed by atoms with E-state index >= 15 is 0 Å². The monoisotopic (exact) mass is 199 g/mol. The molecule has 0 spiro atoms. The van der Waals surface area contributed by atoms with E-state index in [0.29, 0.717) is 6.61 Å². The summed E-state index contributed by atoms with van der Waals surface area (Å²) in [5.41, 5.74) is 0. The van der Waals surface area contributed by atoms with E-state index in [0.717, 1.165) is 25.4 Å². The van der Waals surface area contributed by atoms with Gasteiger partial charge in [0, 0.05) is 12.6 Å². The molecule has 2 N–H and O–H groups in total. The molecule has 0 bridgehead atoms. The molecular formula is C12H25NO. The van der Waals surface area contributed by atoms with Crippen LogP contribution in [0.1, 0.15) is 57.8 Å². The minimum Gasteiger partial charge on any atom is -0.396 e. The molecule has 0 saturated heterocycles. The van der Waals surface area contributed by atoms with Crippen LogP contribution in [-0.4, -0.2) is 24.3 Å². The maximum atomic E-state index is 8.66. The third kappa shape index (κ3) is 5.61. The highest BCUT2D eigenvalue weighted by atomic mass is 16.2. The van der Waals surface area contributed by atoms with Crippen LogP contribution in [0.5, 0.6) is 0 Å². The SMILES string of the molecule is OCCCCNC1CCCCCCC1. The number of aliphatic hydroxyl groups is 1.